The molecule has 1 aliphatic rings. The summed E-state index contributed by atoms with van der Waals surface area (Å²) in [5.41, 5.74) is -1.52. The molecule has 1 saturated heterocycles. The number of piperazine rings is 1. The van der Waals surface area contributed by atoms with Crippen LogP contribution < -0.4 is 0 Å². The molecule has 0 aliphatic carbocycles. The number of hydrogen-bond acceptors (Lipinski definition) is 5. The first-order chi connectivity index (χ1) is 10.7. The van der Waals surface area contributed by atoms with E-state index in [9.17, 15) is 15.0 Å². The van der Waals surface area contributed by atoms with Gasteiger partial charge in [0.05, 0.1) is 12.2 Å². The van der Waals surface area contributed by atoms with E-state index < -0.39 is 11.2 Å². The monoisotopic (exact) mass is 344 g/mol. The highest BCUT2D eigenvalue weighted by Gasteiger charge is 2.42. The van der Waals surface area contributed by atoms with E-state index in [1.165, 1.54) is 0 Å². The molecule has 1 fully saturated rings. The van der Waals surface area contributed by atoms with E-state index in [1.54, 1.807) is 18.7 Å². The quantitative estimate of drug-likeness (QED) is 0.799. The number of carbonyl (C=O) groups excluding carboxylic acids is 1. The minimum atomic E-state index is -0.789. The molecule has 0 bridgehead atoms. The zero-order valence-corrected chi connectivity index (χ0v) is 16.4. The van der Waals surface area contributed by atoms with Gasteiger partial charge >= 0.3 is 6.09 Å². The Morgan fingerprint density at radius 3 is 2.17 bits per heavy atom. The predicted octanol–water partition coefficient (Wildman–Crippen LogP) is 2.09. The van der Waals surface area contributed by atoms with Crippen LogP contribution in [-0.4, -0.2) is 76.1 Å². The summed E-state index contributed by atoms with van der Waals surface area (Å²) in [5.74, 6) is 0. The van der Waals surface area contributed by atoms with E-state index in [-0.39, 0.29) is 24.2 Å². The molecule has 0 saturated carbocycles. The lowest BCUT2D eigenvalue weighted by Gasteiger charge is -2.49. The summed E-state index contributed by atoms with van der Waals surface area (Å²) >= 11 is 0. The number of nitrogens with zero attached hydrogens (tertiary/aromatic N) is 2. The van der Waals surface area contributed by atoms with Crippen molar-refractivity contribution in [1.82, 2.24) is 9.80 Å². The molecule has 6 nitrogen and oxygen atoms in total. The molecule has 0 radical (unpaired) electrons. The van der Waals surface area contributed by atoms with E-state index >= 15 is 0 Å². The van der Waals surface area contributed by atoms with Crippen molar-refractivity contribution >= 4 is 6.09 Å². The van der Waals surface area contributed by atoms with E-state index in [4.69, 9.17) is 4.74 Å². The summed E-state index contributed by atoms with van der Waals surface area (Å²) in [6.07, 6.45) is 0.310. The van der Waals surface area contributed by atoms with Gasteiger partial charge in [-0.25, -0.2) is 4.79 Å². The molecular formula is C18H36N2O4. The van der Waals surface area contributed by atoms with Crippen LogP contribution in [-0.2, 0) is 4.74 Å². The first kappa shape index (κ1) is 21.2. The Morgan fingerprint density at radius 2 is 1.71 bits per heavy atom. The van der Waals surface area contributed by atoms with E-state index in [1.807, 2.05) is 20.8 Å². The van der Waals surface area contributed by atoms with Gasteiger partial charge in [0.1, 0.15) is 5.60 Å². The van der Waals surface area contributed by atoms with E-state index in [0.717, 1.165) is 0 Å². The number of ether oxygens (including phenoxy) is 1. The lowest BCUT2D eigenvalue weighted by atomic mass is 9.74. The average molecular weight is 344 g/mol. The molecule has 0 spiro atoms. The van der Waals surface area contributed by atoms with Crippen LogP contribution in [0.25, 0.3) is 0 Å². The molecule has 2 N–H and O–H groups in total. The summed E-state index contributed by atoms with van der Waals surface area (Å²) in [7, 11) is 0. The lowest BCUT2D eigenvalue weighted by Crippen LogP contribution is -2.61. The smallest absolute Gasteiger partial charge is 0.410 e. The fourth-order valence-electron chi connectivity index (χ4n) is 3.68. The predicted molar refractivity (Wildman–Crippen MR) is 94.9 cm³/mol. The second kappa shape index (κ2) is 7.58. The SMILES string of the molecule is CC(C)(O)CC(C)(C)C1CN(C(=O)OC(C)(C)C)CCN1CCO. The van der Waals surface area contributed by atoms with Crippen molar-refractivity contribution in [2.45, 2.75) is 72.1 Å². The number of rotatable bonds is 5. The Hall–Kier alpha value is -0.850. The number of carbonyl (C=O) groups is 1. The first-order valence-electron chi connectivity index (χ1n) is 8.80. The third-order valence-corrected chi connectivity index (χ3v) is 4.32. The van der Waals surface area contributed by atoms with Crippen molar-refractivity contribution in [3.63, 3.8) is 0 Å². The van der Waals surface area contributed by atoms with Gasteiger partial charge in [-0.2, -0.15) is 0 Å². The van der Waals surface area contributed by atoms with Crippen LogP contribution in [0, 0.1) is 5.41 Å². The van der Waals surface area contributed by atoms with E-state index in [2.05, 4.69) is 18.7 Å². The number of aliphatic hydroxyl groups is 2. The minimum absolute atomic E-state index is 0.0531. The number of hydrogen-bond donors (Lipinski definition) is 2. The maximum absolute atomic E-state index is 12.4. The molecule has 6 heteroatoms. The van der Waals surface area contributed by atoms with Crippen LogP contribution in [0.15, 0.2) is 0 Å². The number of aliphatic hydroxyl groups excluding tert-OH is 1. The normalized spacial score (nSPS) is 21.0. The Morgan fingerprint density at radius 1 is 1.12 bits per heavy atom. The van der Waals surface area contributed by atoms with Gasteiger partial charge in [-0.3, -0.25) is 4.90 Å². The van der Waals surface area contributed by atoms with Gasteiger partial charge in [-0.05, 0) is 46.5 Å². The summed E-state index contributed by atoms with van der Waals surface area (Å²) in [4.78, 5) is 16.4. The Labute approximate surface area is 146 Å². The molecule has 142 valence electrons. The van der Waals surface area contributed by atoms with Crippen molar-refractivity contribution in [3.8, 4) is 0 Å². The number of amides is 1. The lowest BCUT2D eigenvalue weighted by molar-refractivity contribution is -0.0473. The second-order valence-electron chi connectivity index (χ2n) is 9.18. The molecule has 1 unspecified atom stereocenters. The zero-order chi connectivity index (χ0) is 18.8. The van der Waals surface area contributed by atoms with Crippen molar-refractivity contribution in [2.24, 2.45) is 5.41 Å². The van der Waals surface area contributed by atoms with Crippen LogP contribution in [0.5, 0.6) is 0 Å². The van der Waals surface area contributed by atoms with Crippen LogP contribution in [0.1, 0.15) is 54.9 Å². The first-order valence-corrected chi connectivity index (χ1v) is 8.80. The summed E-state index contributed by atoms with van der Waals surface area (Å²) in [5, 5.41) is 19.6. The van der Waals surface area contributed by atoms with Gasteiger partial charge < -0.3 is 19.8 Å². The Kier molecular flexibility index (Phi) is 6.70. The number of β-amino-alcohol motifs (C(OH)–C–C–N with tert-alkyl or cyclic N) is 1. The molecule has 1 aliphatic heterocycles. The zero-order valence-electron chi connectivity index (χ0n) is 16.4. The third kappa shape index (κ3) is 6.57. The van der Waals surface area contributed by atoms with Crippen LogP contribution in [0.3, 0.4) is 0 Å². The highest BCUT2D eigenvalue weighted by molar-refractivity contribution is 5.68. The van der Waals surface area contributed by atoms with Gasteiger partial charge in [-0.15, -0.1) is 0 Å². The van der Waals surface area contributed by atoms with Crippen molar-refractivity contribution in [1.29, 1.82) is 0 Å². The van der Waals surface area contributed by atoms with Crippen molar-refractivity contribution < 1.29 is 19.7 Å². The molecule has 1 rings (SSSR count). The molecular weight excluding hydrogens is 308 g/mol. The van der Waals surface area contributed by atoms with Gasteiger partial charge in [0.2, 0.25) is 0 Å². The summed E-state index contributed by atoms with van der Waals surface area (Å²) < 4.78 is 5.50. The molecule has 0 aromatic carbocycles. The topological polar surface area (TPSA) is 73.2 Å². The summed E-state index contributed by atoms with van der Waals surface area (Å²) in [6.45, 7) is 15.9. The highest BCUT2D eigenvalue weighted by atomic mass is 16.6. The fraction of sp³-hybridized carbons (Fsp3) is 0.944. The fourth-order valence-corrected chi connectivity index (χ4v) is 3.68. The minimum Gasteiger partial charge on any atom is -0.444 e. The van der Waals surface area contributed by atoms with Gasteiger partial charge in [0.15, 0.2) is 0 Å². The van der Waals surface area contributed by atoms with Crippen LogP contribution in [0.4, 0.5) is 4.79 Å². The summed E-state index contributed by atoms with van der Waals surface area (Å²) in [6, 6.07) is 0.0531. The van der Waals surface area contributed by atoms with Crippen LogP contribution >= 0.6 is 0 Å². The Balaban J connectivity index is 2.92. The molecule has 0 aromatic heterocycles. The average Bonchev–Trinajstić information content (AvgIpc) is 2.34. The molecule has 1 amide bonds. The van der Waals surface area contributed by atoms with Gasteiger partial charge in [0, 0.05) is 32.2 Å². The van der Waals surface area contributed by atoms with Crippen molar-refractivity contribution in [3.05, 3.63) is 0 Å². The largest absolute Gasteiger partial charge is 0.444 e. The van der Waals surface area contributed by atoms with Gasteiger partial charge in [-0.1, -0.05) is 13.8 Å². The molecule has 0 aromatic rings. The standard InChI is InChI=1S/C18H36N2O4/c1-16(2,3)24-15(22)20-9-8-19(10-11-21)14(12-20)17(4,5)13-18(6,7)23/h14,21,23H,8-13H2,1-7H3. The second-order valence-corrected chi connectivity index (χ2v) is 9.18. The van der Waals surface area contributed by atoms with Crippen molar-refractivity contribution in [2.75, 3.05) is 32.8 Å². The maximum Gasteiger partial charge on any atom is 0.410 e. The third-order valence-electron chi connectivity index (χ3n) is 4.32. The maximum atomic E-state index is 12.4. The van der Waals surface area contributed by atoms with E-state index in [0.29, 0.717) is 32.6 Å². The Bertz CT molecular complexity index is 424. The molecule has 24 heavy (non-hydrogen) atoms. The molecule has 1 atom stereocenters. The van der Waals surface area contributed by atoms with Gasteiger partial charge in [0.25, 0.3) is 0 Å². The highest BCUT2D eigenvalue weighted by Crippen LogP contribution is 2.36. The molecule has 1 heterocycles. The van der Waals surface area contributed by atoms with Crippen LogP contribution in [0.2, 0.25) is 0 Å².